The van der Waals surface area contributed by atoms with Gasteiger partial charge in [0.05, 0.1) is 17.7 Å². The first-order chi connectivity index (χ1) is 12.8. The molecule has 0 unspecified atom stereocenters. The summed E-state index contributed by atoms with van der Waals surface area (Å²) in [7, 11) is -2.47. The Morgan fingerprint density at radius 3 is 2.15 bits per heavy atom. The van der Waals surface area contributed by atoms with Crippen molar-refractivity contribution in [3.05, 3.63) is 54.1 Å². The van der Waals surface area contributed by atoms with Gasteiger partial charge in [0.2, 0.25) is 5.91 Å². The Hall–Kier alpha value is -2.54. The van der Waals surface area contributed by atoms with Crippen molar-refractivity contribution >= 4 is 21.6 Å². The van der Waals surface area contributed by atoms with Crippen molar-refractivity contribution in [1.29, 1.82) is 0 Å². The minimum absolute atomic E-state index is 0.131. The highest BCUT2D eigenvalue weighted by molar-refractivity contribution is 7.92. The molecule has 0 fully saturated rings. The molecule has 0 radical (unpaired) electrons. The summed E-state index contributed by atoms with van der Waals surface area (Å²) in [4.78, 5) is 14.4. The molecule has 0 spiro atoms. The first kappa shape index (κ1) is 20.8. The Labute approximate surface area is 161 Å². The number of amides is 1. The first-order valence-electron chi connectivity index (χ1n) is 8.85. The number of hydrogen-bond donors (Lipinski definition) is 0. The number of sulfonamides is 1. The van der Waals surface area contributed by atoms with E-state index >= 15 is 0 Å². The van der Waals surface area contributed by atoms with Crippen LogP contribution in [0, 0.1) is 6.92 Å². The Balaban J connectivity index is 2.55. The molecule has 0 saturated heterocycles. The van der Waals surface area contributed by atoms with Crippen molar-refractivity contribution < 1.29 is 17.9 Å². The molecule has 0 aliphatic carbocycles. The summed E-state index contributed by atoms with van der Waals surface area (Å²) in [5.41, 5.74) is 1.29. The van der Waals surface area contributed by atoms with Gasteiger partial charge >= 0.3 is 0 Å². The van der Waals surface area contributed by atoms with Gasteiger partial charge in [-0.15, -0.1) is 0 Å². The van der Waals surface area contributed by atoms with Crippen LogP contribution < -0.4 is 9.04 Å². The van der Waals surface area contributed by atoms with E-state index in [1.165, 1.54) is 7.11 Å². The molecule has 2 rings (SSSR count). The lowest BCUT2D eigenvalue weighted by Crippen LogP contribution is -2.43. The summed E-state index contributed by atoms with van der Waals surface area (Å²) in [5.74, 6) is 0.127. The van der Waals surface area contributed by atoms with E-state index < -0.39 is 10.0 Å². The predicted octanol–water partition coefficient (Wildman–Crippen LogP) is 3.07. The Morgan fingerprint density at radius 2 is 1.59 bits per heavy atom. The molecule has 6 nitrogen and oxygen atoms in total. The third kappa shape index (κ3) is 4.60. The summed E-state index contributed by atoms with van der Waals surface area (Å²) in [6, 6.07) is 13.4. The molecule has 1 amide bonds. The number of carbonyl (C=O) groups is 1. The van der Waals surface area contributed by atoms with E-state index in [2.05, 4.69) is 0 Å². The van der Waals surface area contributed by atoms with Crippen molar-refractivity contribution in [2.24, 2.45) is 0 Å². The Morgan fingerprint density at radius 1 is 1.00 bits per heavy atom. The van der Waals surface area contributed by atoms with Crippen LogP contribution in [-0.4, -0.2) is 46.0 Å². The summed E-state index contributed by atoms with van der Waals surface area (Å²) in [5, 5.41) is 0. The quantitative estimate of drug-likeness (QED) is 0.695. The third-order valence-corrected chi connectivity index (χ3v) is 6.13. The number of likely N-dealkylation sites (N-methyl/N-ethyl adjacent to an activating group) is 1. The third-order valence-electron chi connectivity index (χ3n) is 4.36. The van der Waals surface area contributed by atoms with Crippen LogP contribution in [0.5, 0.6) is 5.75 Å². The standard InChI is InChI=1S/C20H26N2O4S/c1-5-21(6-2)20(23)15-22(18-9-7-8-10-19(18)26-4)27(24,25)17-13-11-16(3)12-14-17/h7-14H,5-6,15H2,1-4H3. The molecule has 0 atom stereocenters. The van der Waals surface area contributed by atoms with Crippen LogP contribution in [0.15, 0.2) is 53.4 Å². The molecule has 2 aromatic rings. The van der Waals surface area contributed by atoms with E-state index in [1.807, 2.05) is 20.8 Å². The second kappa shape index (κ2) is 8.90. The molecule has 0 N–H and O–H groups in total. The van der Waals surface area contributed by atoms with Crippen molar-refractivity contribution in [3.63, 3.8) is 0 Å². The lowest BCUT2D eigenvalue weighted by atomic mass is 10.2. The molecular formula is C20H26N2O4S. The second-order valence-corrected chi connectivity index (χ2v) is 7.92. The van der Waals surface area contributed by atoms with Crippen LogP contribution in [-0.2, 0) is 14.8 Å². The maximum Gasteiger partial charge on any atom is 0.264 e. The average molecular weight is 391 g/mol. The van der Waals surface area contributed by atoms with Crippen LogP contribution in [0.1, 0.15) is 19.4 Å². The molecule has 0 aromatic heterocycles. The summed E-state index contributed by atoms with van der Waals surface area (Å²) < 4.78 is 33.2. The smallest absolute Gasteiger partial charge is 0.264 e. The highest BCUT2D eigenvalue weighted by Gasteiger charge is 2.30. The fourth-order valence-electron chi connectivity index (χ4n) is 2.77. The molecule has 0 aliphatic heterocycles. The van der Waals surface area contributed by atoms with Gasteiger partial charge in [-0.2, -0.15) is 0 Å². The van der Waals surface area contributed by atoms with E-state index in [9.17, 15) is 13.2 Å². The van der Waals surface area contributed by atoms with E-state index in [0.717, 1.165) is 9.87 Å². The summed E-state index contributed by atoms with van der Waals surface area (Å²) in [6.07, 6.45) is 0. The largest absolute Gasteiger partial charge is 0.495 e. The molecule has 0 saturated carbocycles. The molecule has 7 heteroatoms. The van der Waals surface area contributed by atoms with Gasteiger partial charge in [0.15, 0.2) is 0 Å². The zero-order valence-corrected chi connectivity index (χ0v) is 17.0. The lowest BCUT2D eigenvalue weighted by molar-refractivity contribution is -0.129. The van der Waals surface area contributed by atoms with Gasteiger partial charge in [-0.25, -0.2) is 8.42 Å². The van der Waals surface area contributed by atoms with Crippen LogP contribution in [0.2, 0.25) is 0 Å². The molecule has 0 bridgehead atoms. The number of methoxy groups -OCH3 is 1. The second-order valence-electron chi connectivity index (χ2n) is 6.06. The SMILES string of the molecule is CCN(CC)C(=O)CN(c1ccccc1OC)S(=O)(=O)c1ccc(C)cc1. The van der Waals surface area contributed by atoms with Crippen LogP contribution in [0.25, 0.3) is 0 Å². The number of nitrogens with zero attached hydrogens (tertiary/aromatic N) is 2. The fourth-order valence-corrected chi connectivity index (χ4v) is 4.20. The van der Waals surface area contributed by atoms with Gasteiger partial charge < -0.3 is 9.64 Å². The zero-order chi connectivity index (χ0) is 20.0. The lowest BCUT2D eigenvalue weighted by Gasteiger charge is -2.28. The van der Waals surface area contributed by atoms with E-state index in [1.54, 1.807) is 53.4 Å². The highest BCUT2D eigenvalue weighted by atomic mass is 32.2. The van der Waals surface area contributed by atoms with Crippen molar-refractivity contribution in [2.45, 2.75) is 25.7 Å². The van der Waals surface area contributed by atoms with Gasteiger partial charge in [0, 0.05) is 13.1 Å². The number of hydrogen-bond acceptors (Lipinski definition) is 4. The van der Waals surface area contributed by atoms with Gasteiger partial charge in [-0.3, -0.25) is 9.10 Å². The Bertz CT molecular complexity index is 875. The average Bonchev–Trinajstić information content (AvgIpc) is 2.67. The predicted molar refractivity (Wildman–Crippen MR) is 107 cm³/mol. The van der Waals surface area contributed by atoms with Crippen molar-refractivity contribution in [1.82, 2.24) is 4.90 Å². The minimum atomic E-state index is -3.94. The van der Waals surface area contributed by atoms with Crippen LogP contribution in [0.3, 0.4) is 0 Å². The van der Waals surface area contributed by atoms with Gasteiger partial charge in [0.1, 0.15) is 12.3 Å². The van der Waals surface area contributed by atoms with Crippen molar-refractivity contribution in [2.75, 3.05) is 31.0 Å². The minimum Gasteiger partial charge on any atom is -0.495 e. The number of rotatable bonds is 8. The molecule has 0 aliphatic rings. The summed E-state index contributed by atoms with van der Waals surface area (Å²) in [6.45, 7) is 6.35. The number of anilines is 1. The molecule has 2 aromatic carbocycles. The van der Waals surface area contributed by atoms with Gasteiger partial charge in [0.25, 0.3) is 10.0 Å². The number of benzene rings is 2. The van der Waals surface area contributed by atoms with E-state index in [4.69, 9.17) is 4.74 Å². The fraction of sp³-hybridized carbons (Fsp3) is 0.350. The van der Waals surface area contributed by atoms with Crippen LogP contribution in [0.4, 0.5) is 5.69 Å². The molecule has 0 heterocycles. The highest BCUT2D eigenvalue weighted by Crippen LogP contribution is 2.32. The number of aryl methyl sites for hydroxylation is 1. The number of carbonyl (C=O) groups excluding carboxylic acids is 1. The van der Waals surface area contributed by atoms with E-state index in [-0.39, 0.29) is 17.3 Å². The monoisotopic (exact) mass is 390 g/mol. The summed E-state index contributed by atoms with van der Waals surface area (Å²) >= 11 is 0. The molecule has 146 valence electrons. The number of para-hydroxylation sites is 2. The molecule has 27 heavy (non-hydrogen) atoms. The van der Waals surface area contributed by atoms with E-state index in [0.29, 0.717) is 24.5 Å². The normalized spacial score (nSPS) is 11.1. The zero-order valence-electron chi connectivity index (χ0n) is 16.2. The van der Waals surface area contributed by atoms with Gasteiger partial charge in [-0.1, -0.05) is 29.8 Å². The maximum atomic E-state index is 13.3. The Kier molecular flexibility index (Phi) is 6.85. The maximum absolute atomic E-state index is 13.3. The van der Waals surface area contributed by atoms with Crippen molar-refractivity contribution in [3.8, 4) is 5.75 Å². The number of ether oxygens (including phenoxy) is 1. The van der Waals surface area contributed by atoms with Gasteiger partial charge in [-0.05, 0) is 45.0 Å². The topological polar surface area (TPSA) is 66.9 Å². The molecular weight excluding hydrogens is 364 g/mol. The first-order valence-corrected chi connectivity index (χ1v) is 10.3. The van der Waals surface area contributed by atoms with Crippen LogP contribution >= 0.6 is 0 Å².